The van der Waals surface area contributed by atoms with E-state index in [4.69, 9.17) is 5.11 Å². The molecule has 5 heteroatoms. The van der Waals surface area contributed by atoms with Gasteiger partial charge in [0.05, 0.1) is 12.1 Å². The number of carbonyl (C=O) groups is 3. The molecule has 1 aromatic carbocycles. The highest BCUT2D eigenvalue weighted by Gasteiger charge is 2.25. The summed E-state index contributed by atoms with van der Waals surface area (Å²) in [7, 11) is 0. The number of hydrogen-bond donors (Lipinski definition) is 1. The van der Waals surface area contributed by atoms with Crippen molar-refractivity contribution in [2.75, 3.05) is 4.90 Å². The molecule has 5 nitrogen and oxygen atoms in total. The van der Waals surface area contributed by atoms with Gasteiger partial charge in [-0.15, -0.1) is 0 Å². The lowest BCUT2D eigenvalue weighted by molar-refractivity contribution is -0.136. The van der Waals surface area contributed by atoms with Crippen molar-refractivity contribution in [1.29, 1.82) is 0 Å². The van der Waals surface area contributed by atoms with Crippen molar-refractivity contribution in [3.63, 3.8) is 0 Å². The van der Waals surface area contributed by atoms with E-state index in [1.54, 1.807) is 18.2 Å². The smallest absolute Gasteiger partial charge is 0.307 e. The number of aliphatic carboxylic acids is 1. The van der Waals surface area contributed by atoms with Gasteiger partial charge in [0.1, 0.15) is 0 Å². The fraction of sp³-hybridized carbons (Fsp3) is 0.0833. The zero-order chi connectivity index (χ0) is 12.4. The molecule has 0 fully saturated rings. The molecule has 0 aromatic heterocycles. The van der Waals surface area contributed by atoms with Gasteiger partial charge in [0.15, 0.2) is 0 Å². The van der Waals surface area contributed by atoms with Gasteiger partial charge in [-0.25, -0.2) is 4.90 Å². The van der Waals surface area contributed by atoms with Crippen LogP contribution in [0.15, 0.2) is 36.4 Å². The molecule has 0 radical (unpaired) electrons. The Morgan fingerprint density at radius 1 is 1.18 bits per heavy atom. The van der Waals surface area contributed by atoms with Crippen LogP contribution in [0.4, 0.5) is 5.69 Å². The maximum atomic E-state index is 11.4. The highest BCUT2D eigenvalue weighted by Crippen LogP contribution is 2.20. The van der Waals surface area contributed by atoms with Crippen molar-refractivity contribution in [3.8, 4) is 0 Å². The number of carbonyl (C=O) groups excluding carboxylic acids is 2. The second-order valence-electron chi connectivity index (χ2n) is 3.59. The third kappa shape index (κ3) is 2.23. The summed E-state index contributed by atoms with van der Waals surface area (Å²) in [5.74, 6) is -1.79. The number of nitrogens with zero attached hydrogens (tertiary/aromatic N) is 1. The molecule has 17 heavy (non-hydrogen) atoms. The van der Waals surface area contributed by atoms with Gasteiger partial charge < -0.3 is 5.11 Å². The molecule has 0 spiro atoms. The molecule has 1 heterocycles. The lowest BCUT2D eigenvalue weighted by atomic mass is 10.1. The quantitative estimate of drug-likeness (QED) is 0.778. The van der Waals surface area contributed by atoms with Gasteiger partial charge in [-0.1, -0.05) is 12.1 Å². The van der Waals surface area contributed by atoms with Gasteiger partial charge >= 0.3 is 5.97 Å². The maximum absolute atomic E-state index is 11.4. The minimum atomic E-state index is -0.959. The van der Waals surface area contributed by atoms with E-state index in [0.717, 1.165) is 4.90 Å². The SMILES string of the molecule is O=C(O)Cc1cccc(N2C(=O)C=CC2=O)c1. The predicted molar refractivity (Wildman–Crippen MR) is 59.4 cm³/mol. The van der Waals surface area contributed by atoms with Crippen molar-refractivity contribution in [3.05, 3.63) is 42.0 Å². The summed E-state index contributed by atoms with van der Waals surface area (Å²) in [6.45, 7) is 0. The largest absolute Gasteiger partial charge is 0.481 e. The van der Waals surface area contributed by atoms with E-state index in [1.807, 2.05) is 0 Å². The zero-order valence-corrected chi connectivity index (χ0v) is 8.79. The van der Waals surface area contributed by atoms with E-state index in [1.165, 1.54) is 18.2 Å². The Balaban J connectivity index is 2.30. The van der Waals surface area contributed by atoms with Gasteiger partial charge in [0, 0.05) is 12.2 Å². The number of benzene rings is 1. The normalized spacial score (nSPS) is 14.5. The Kier molecular flexibility index (Phi) is 2.74. The predicted octanol–water partition coefficient (Wildman–Crippen LogP) is 0.743. The van der Waals surface area contributed by atoms with Crippen molar-refractivity contribution in [2.45, 2.75) is 6.42 Å². The second kappa shape index (κ2) is 4.21. The number of hydrogen-bond acceptors (Lipinski definition) is 3. The van der Waals surface area contributed by atoms with Crippen LogP contribution in [-0.4, -0.2) is 22.9 Å². The number of anilines is 1. The first-order valence-corrected chi connectivity index (χ1v) is 4.95. The first kappa shape index (κ1) is 11.1. The summed E-state index contributed by atoms with van der Waals surface area (Å²) in [6, 6.07) is 6.37. The Morgan fingerprint density at radius 2 is 1.82 bits per heavy atom. The van der Waals surface area contributed by atoms with E-state index in [0.29, 0.717) is 11.3 Å². The lowest BCUT2D eigenvalue weighted by Crippen LogP contribution is -2.29. The topological polar surface area (TPSA) is 74.7 Å². The fourth-order valence-electron chi connectivity index (χ4n) is 1.63. The van der Waals surface area contributed by atoms with Crippen LogP contribution < -0.4 is 4.90 Å². The van der Waals surface area contributed by atoms with Crippen molar-refractivity contribution in [2.24, 2.45) is 0 Å². The average Bonchev–Trinajstić information content (AvgIpc) is 2.58. The van der Waals surface area contributed by atoms with Crippen LogP contribution >= 0.6 is 0 Å². The summed E-state index contributed by atoms with van der Waals surface area (Å²) in [6.07, 6.45) is 2.23. The van der Waals surface area contributed by atoms with E-state index < -0.39 is 17.8 Å². The minimum absolute atomic E-state index is 0.141. The van der Waals surface area contributed by atoms with E-state index in [-0.39, 0.29) is 6.42 Å². The summed E-state index contributed by atoms with van der Waals surface area (Å²) in [4.78, 5) is 34.4. The number of rotatable bonds is 3. The van der Waals surface area contributed by atoms with Gasteiger partial charge in [-0.3, -0.25) is 14.4 Å². The molecule has 2 amide bonds. The average molecular weight is 231 g/mol. The summed E-state index contributed by atoms with van der Waals surface area (Å²) < 4.78 is 0. The highest BCUT2D eigenvalue weighted by molar-refractivity contribution is 6.28. The highest BCUT2D eigenvalue weighted by atomic mass is 16.4. The first-order chi connectivity index (χ1) is 8.08. The number of amides is 2. The van der Waals surface area contributed by atoms with Crippen LogP contribution in [0.1, 0.15) is 5.56 Å². The number of carboxylic acids is 1. The molecule has 0 bridgehead atoms. The molecule has 1 N–H and O–H groups in total. The molecule has 1 aliphatic rings. The van der Waals surface area contributed by atoms with Crippen LogP contribution in [-0.2, 0) is 20.8 Å². The molecule has 0 aliphatic carbocycles. The van der Waals surface area contributed by atoms with Gasteiger partial charge in [0.25, 0.3) is 11.8 Å². The Hall–Kier alpha value is -2.43. The maximum Gasteiger partial charge on any atom is 0.307 e. The van der Waals surface area contributed by atoms with Gasteiger partial charge in [-0.2, -0.15) is 0 Å². The van der Waals surface area contributed by atoms with Crippen molar-refractivity contribution in [1.82, 2.24) is 0 Å². The minimum Gasteiger partial charge on any atom is -0.481 e. The van der Waals surface area contributed by atoms with Gasteiger partial charge in [0.2, 0.25) is 0 Å². The van der Waals surface area contributed by atoms with Crippen LogP contribution in [0.2, 0.25) is 0 Å². The van der Waals surface area contributed by atoms with E-state index >= 15 is 0 Å². The molecule has 2 rings (SSSR count). The Morgan fingerprint density at radius 3 is 2.41 bits per heavy atom. The third-order valence-corrected chi connectivity index (χ3v) is 2.33. The molecule has 0 atom stereocenters. The number of imide groups is 1. The molecule has 1 aromatic rings. The first-order valence-electron chi connectivity index (χ1n) is 4.95. The fourth-order valence-corrected chi connectivity index (χ4v) is 1.63. The number of carboxylic acid groups (broad SMARTS) is 1. The summed E-state index contributed by atoms with van der Waals surface area (Å²) >= 11 is 0. The lowest BCUT2D eigenvalue weighted by Gasteiger charge is -2.14. The van der Waals surface area contributed by atoms with E-state index in [9.17, 15) is 14.4 Å². The Bertz CT molecular complexity index is 515. The third-order valence-electron chi connectivity index (χ3n) is 2.33. The summed E-state index contributed by atoms with van der Waals surface area (Å²) in [5, 5.41) is 8.67. The molecule has 0 unspecified atom stereocenters. The van der Waals surface area contributed by atoms with E-state index in [2.05, 4.69) is 0 Å². The Labute approximate surface area is 97.0 Å². The van der Waals surface area contributed by atoms with Crippen molar-refractivity contribution >= 4 is 23.5 Å². The summed E-state index contributed by atoms with van der Waals surface area (Å²) in [5.41, 5.74) is 0.936. The van der Waals surface area contributed by atoms with Crippen LogP contribution in [0.3, 0.4) is 0 Å². The molecule has 0 saturated carbocycles. The van der Waals surface area contributed by atoms with Gasteiger partial charge in [-0.05, 0) is 17.7 Å². The van der Waals surface area contributed by atoms with Crippen molar-refractivity contribution < 1.29 is 19.5 Å². The van der Waals surface area contributed by atoms with Crippen LogP contribution in [0, 0.1) is 0 Å². The standard InChI is InChI=1S/C12H9NO4/c14-10-4-5-11(15)13(10)9-3-1-2-8(6-9)7-12(16)17/h1-6H,7H2,(H,16,17). The zero-order valence-electron chi connectivity index (χ0n) is 8.79. The molecular weight excluding hydrogens is 222 g/mol. The van der Waals surface area contributed by atoms with Crippen LogP contribution in [0.5, 0.6) is 0 Å². The van der Waals surface area contributed by atoms with Crippen LogP contribution in [0.25, 0.3) is 0 Å². The molecule has 0 saturated heterocycles. The molecule has 1 aliphatic heterocycles. The molecular formula is C12H9NO4. The molecule has 86 valence electrons. The second-order valence-corrected chi connectivity index (χ2v) is 3.59. The monoisotopic (exact) mass is 231 g/mol.